The predicted octanol–water partition coefficient (Wildman–Crippen LogP) is 4.11. The van der Waals surface area contributed by atoms with Crippen molar-refractivity contribution in [2.45, 2.75) is 30.8 Å². The maximum atomic E-state index is 13.1. The number of rotatable bonds is 8. The second kappa shape index (κ2) is 9.24. The first-order valence-corrected chi connectivity index (χ1v) is 10.3. The summed E-state index contributed by atoms with van der Waals surface area (Å²) in [4.78, 5) is 29.6. The zero-order valence-corrected chi connectivity index (χ0v) is 17.8. The lowest BCUT2D eigenvalue weighted by molar-refractivity contribution is 0.101. The Labute approximate surface area is 173 Å². The van der Waals surface area contributed by atoms with Crippen molar-refractivity contribution in [2.24, 2.45) is 0 Å². The Morgan fingerprint density at radius 3 is 2.66 bits per heavy atom. The number of hydrogen-bond acceptors (Lipinski definition) is 6. The van der Waals surface area contributed by atoms with E-state index in [2.05, 4.69) is 0 Å². The van der Waals surface area contributed by atoms with E-state index in [-0.39, 0.29) is 17.4 Å². The van der Waals surface area contributed by atoms with Crippen LogP contribution in [0.5, 0.6) is 5.75 Å². The van der Waals surface area contributed by atoms with Crippen LogP contribution in [0.25, 0.3) is 10.9 Å². The molecule has 3 aromatic rings. The van der Waals surface area contributed by atoms with Gasteiger partial charge in [0.15, 0.2) is 10.9 Å². The molecule has 0 aliphatic heterocycles. The number of Topliss-reactive ketones (excluding diaryl/α,β-unsaturated/α-hetero) is 1. The van der Waals surface area contributed by atoms with E-state index >= 15 is 0 Å². The van der Waals surface area contributed by atoms with Crippen LogP contribution in [0.2, 0.25) is 0 Å². The van der Waals surface area contributed by atoms with Gasteiger partial charge in [0.1, 0.15) is 5.75 Å². The molecule has 0 saturated carbocycles. The molecule has 29 heavy (non-hydrogen) atoms. The van der Waals surface area contributed by atoms with Gasteiger partial charge in [-0.15, -0.1) is 0 Å². The van der Waals surface area contributed by atoms with Crippen molar-refractivity contribution in [1.29, 1.82) is 0 Å². The largest absolute Gasteiger partial charge is 0.496 e. The fraction of sp³-hybridized carbons (Fsp3) is 0.318. The summed E-state index contributed by atoms with van der Waals surface area (Å²) < 4.78 is 12.4. The van der Waals surface area contributed by atoms with Gasteiger partial charge >= 0.3 is 0 Å². The molecular weight excluding hydrogens is 388 g/mol. The zero-order valence-electron chi connectivity index (χ0n) is 17.0. The number of fused-ring (bicyclic) bond motifs is 1. The van der Waals surface area contributed by atoms with Gasteiger partial charge in [0.05, 0.1) is 30.7 Å². The number of ether oxygens (including phenoxy) is 2. The van der Waals surface area contributed by atoms with Crippen LogP contribution in [-0.4, -0.2) is 36.2 Å². The standard InChI is InChI=1S/C22H24N2O4S/c1-14(12-27-3)24-21(26)18-7-5-6-8-19(18)23-22(24)29-13-17-11-16(15(2)25)9-10-20(17)28-4/h5-11,14H,12-13H2,1-4H3. The van der Waals surface area contributed by atoms with Gasteiger partial charge in [-0.1, -0.05) is 23.9 Å². The van der Waals surface area contributed by atoms with Crippen LogP contribution in [-0.2, 0) is 10.5 Å². The fourth-order valence-corrected chi connectivity index (χ4v) is 4.26. The molecule has 6 nitrogen and oxygen atoms in total. The molecule has 0 amide bonds. The van der Waals surface area contributed by atoms with Gasteiger partial charge in [0.2, 0.25) is 0 Å². The van der Waals surface area contributed by atoms with E-state index in [1.165, 1.54) is 18.7 Å². The van der Waals surface area contributed by atoms with Gasteiger partial charge in [-0.3, -0.25) is 14.2 Å². The lowest BCUT2D eigenvalue weighted by Gasteiger charge is -2.19. The van der Waals surface area contributed by atoms with E-state index in [1.54, 1.807) is 37.0 Å². The van der Waals surface area contributed by atoms with E-state index in [9.17, 15) is 9.59 Å². The first-order chi connectivity index (χ1) is 14.0. The summed E-state index contributed by atoms with van der Waals surface area (Å²) in [7, 11) is 3.21. The van der Waals surface area contributed by atoms with E-state index < -0.39 is 0 Å². The average Bonchev–Trinajstić information content (AvgIpc) is 2.72. The van der Waals surface area contributed by atoms with Crippen LogP contribution in [0.1, 0.15) is 35.8 Å². The second-order valence-corrected chi connectivity index (χ2v) is 7.71. The molecule has 0 aliphatic carbocycles. The van der Waals surface area contributed by atoms with Gasteiger partial charge in [-0.05, 0) is 44.2 Å². The zero-order chi connectivity index (χ0) is 21.0. The topological polar surface area (TPSA) is 70.4 Å². The lowest BCUT2D eigenvalue weighted by Crippen LogP contribution is -2.28. The minimum Gasteiger partial charge on any atom is -0.496 e. The van der Waals surface area contributed by atoms with Gasteiger partial charge in [0, 0.05) is 24.0 Å². The van der Waals surface area contributed by atoms with Crippen molar-refractivity contribution in [3.05, 3.63) is 63.9 Å². The minimum absolute atomic E-state index is 0.00615. The summed E-state index contributed by atoms with van der Waals surface area (Å²) in [6, 6.07) is 12.5. The van der Waals surface area contributed by atoms with Crippen molar-refractivity contribution in [1.82, 2.24) is 9.55 Å². The molecule has 152 valence electrons. The summed E-state index contributed by atoms with van der Waals surface area (Å²) in [5.41, 5.74) is 2.06. The van der Waals surface area contributed by atoms with Crippen LogP contribution < -0.4 is 10.3 Å². The molecule has 0 radical (unpaired) electrons. The fourth-order valence-electron chi connectivity index (χ4n) is 3.18. The highest BCUT2D eigenvalue weighted by molar-refractivity contribution is 7.98. The third-order valence-corrected chi connectivity index (χ3v) is 5.67. The number of ketones is 1. The van der Waals surface area contributed by atoms with Gasteiger partial charge in [0.25, 0.3) is 5.56 Å². The first-order valence-electron chi connectivity index (χ1n) is 9.27. The predicted molar refractivity (Wildman–Crippen MR) is 115 cm³/mol. The van der Waals surface area contributed by atoms with Crippen LogP contribution in [0, 0.1) is 0 Å². The van der Waals surface area contributed by atoms with Crippen LogP contribution in [0.4, 0.5) is 0 Å². The Balaban J connectivity index is 2.04. The van der Waals surface area contributed by atoms with Crippen molar-refractivity contribution in [2.75, 3.05) is 20.8 Å². The maximum absolute atomic E-state index is 13.1. The molecule has 3 rings (SSSR count). The molecule has 0 fully saturated rings. The summed E-state index contributed by atoms with van der Waals surface area (Å²) >= 11 is 1.44. The first kappa shape index (κ1) is 21.1. The third kappa shape index (κ3) is 4.52. The van der Waals surface area contributed by atoms with Gasteiger partial charge in [-0.2, -0.15) is 0 Å². The maximum Gasteiger partial charge on any atom is 0.262 e. The highest BCUT2D eigenvalue weighted by Gasteiger charge is 2.17. The number of hydrogen-bond donors (Lipinski definition) is 0. The van der Waals surface area contributed by atoms with Crippen LogP contribution in [0.3, 0.4) is 0 Å². The van der Waals surface area contributed by atoms with Crippen molar-refractivity contribution < 1.29 is 14.3 Å². The van der Waals surface area contributed by atoms with Crippen LogP contribution >= 0.6 is 11.8 Å². The number of carbonyl (C=O) groups excluding carboxylic acids is 1. The Bertz CT molecular complexity index is 1090. The molecule has 2 aromatic carbocycles. The molecule has 0 bridgehead atoms. The summed E-state index contributed by atoms with van der Waals surface area (Å²) in [6.07, 6.45) is 0. The number of nitrogens with zero attached hydrogens (tertiary/aromatic N) is 2. The molecule has 0 N–H and O–H groups in total. The third-order valence-electron chi connectivity index (χ3n) is 4.67. The van der Waals surface area contributed by atoms with E-state index in [1.807, 2.05) is 31.2 Å². The Morgan fingerprint density at radius 1 is 1.21 bits per heavy atom. The SMILES string of the molecule is COCC(C)n1c(SCc2cc(C(C)=O)ccc2OC)nc2ccccc2c1=O. The van der Waals surface area contributed by atoms with Crippen molar-refractivity contribution in [3.63, 3.8) is 0 Å². The molecule has 1 heterocycles. The number of methoxy groups -OCH3 is 2. The Morgan fingerprint density at radius 2 is 1.97 bits per heavy atom. The monoisotopic (exact) mass is 412 g/mol. The number of benzene rings is 2. The minimum atomic E-state index is -0.169. The Hall–Kier alpha value is -2.64. The number of thioether (sulfide) groups is 1. The summed E-state index contributed by atoms with van der Waals surface area (Å²) in [5.74, 6) is 1.20. The molecule has 0 spiro atoms. The second-order valence-electron chi connectivity index (χ2n) is 6.76. The number of para-hydroxylation sites is 1. The van der Waals surface area contributed by atoms with Gasteiger partial charge < -0.3 is 9.47 Å². The van der Waals surface area contributed by atoms with E-state index in [4.69, 9.17) is 14.5 Å². The normalized spacial score (nSPS) is 12.1. The summed E-state index contributed by atoms with van der Waals surface area (Å²) in [5, 5.41) is 1.18. The molecule has 1 aromatic heterocycles. The highest BCUT2D eigenvalue weighted by atomic mass is 32.2. The quantitative estimate of drug-likeness (QED) is 0.315. The number of carbonyl (C=O) groups is 1. The molecular formula is C22H24N2O4S. The Kier molecular flexibility index (Phi) is 6.71. The molecule has 0 saturated heterocycles. The molecule has 0 aliphatic rings. The van der Waals surface area contributed by atoms with Crippen molar-refractivity contribution >= 4 is 28.4 Å². The van der Waals surface area contributed by atoms with E-state index in [0.29, 0.717) is 39.7 Å². The smallest absolute Gasteiger partial charge is 0.262 e. The number of aromatic nitrogens is 2. The van der Waals surface area contributed by atoms with Crippen molar-refractivity contribution in [3.8, 4) is 5.75 Å². The average molecular weight is 413 g/mol. The molecule has 1 atom stereocenters. The van der Waals surface area contributed by atoms with Gasteiger partial charge in [-0.25, -0.2) is 4.98 Å². The molecule has 1 unspecified atom stereocenters. The highest BCUT2D eigenvalue weighted by Crippen LogP contribution is 2.29. The van der Waals surface area contributed by atoms with Crippen LogP contribution in [0.15, 0.2) is 52.4 Å². The molecule has 7 heteroatoms. The lowest BCUT2D eigenvalue weighted by atomic mass is 10.1. The summed E-state index contributed by atoms with van der Waals surface area (Å²) in [6.45, 7) is 3.87. The van der Waals surface area contributed by atoms with E-state index in [0.717, 1.165) is 5.56 Å².